The Balaban J connectivity index is 1.33. The summed E-state index contributed by atoms with van der Waals surface area (Å²) >= 11 is 0. The van der Waals surface area contributed by atoms with E-state index in [1.54, 1.807) is 24.3 Å². The molecule has 0 radical (unpaired) electrons. The number of piperazine rings is 1. The Morgan fingerprint density at radius 3 is 2.57 bits per heavy atom. The van der Waals surface area contributed by atoms with Crippen LogP contribution in [0, 0.1) is 18.2 Å². The van der Waals surface area contributed by atoms with Gasteiger partial charge < -0.3 is 14.5 Å². The normalized spacial score (nSPS) is 13.8. The average Bonchev–Trinajstić information content (AvgIpc) is 3.04. The van der Waals surface area contributed by atoms with Crippen LogP contribution in [0.3, 0.4) is 0 Å². The van der Waals surface area contributed by atoms with E-state index in [-0.39, 0.29) is 36.0 Å². The van der Waals surface area contributed by atoms with Crippen molar-refractivity contribution in [3.63, 3.8) is 0 Å². The molecule has 3 aromatic heterocycles. The van der Waals surface area contributed by atoms with E-state index in [1.165, 1.54) is 24.4 Å². The third-order valence-corrected chi connectivity index (χ3v) is 7.08. The zero-order valence-electron chi connectivity index (χ0n) is 22.5. The number of carbonyl (C=O) groups excluding carboxylic acids is 1. The number of pyridine rings is 1. The zero-order chi connectivity index (χ0) is 29.2. The first kappa shape index (κ1) is 26.7. The molecule has 1 saturated heterocycles. The maximum Gasteiger partial charge on any atom is 0.318 e. The number of terminal acetylenes is 1. The Morgan fingerprint density at radius 2 is 1.86 bits per heavy atom. The van der Waals surface area contributed by atoms with Crippen molar-refractivity contribution in [1.82, 2.24) is 30.0 Å². The molecule has 1 aliphatic rings. The summed E-state index contributed by atoms with van der Waals surface area (Å²) in [4.78, 5) is 29.3. The molecule has 0 saturated carbocycles. The van der Waals surface area contributed by atoms with Gasteiger partial charge in [0.15, 0.2) is 11.6 Å². The maximum atomic E-state index is 16.2. The molecule has 0 N–H and O–H groups in total. The van der Waals surface area contributed by atoms with Crippen LogP contribution in [-0.2, 0) is 4.79 Å². The molecule has 5 aromatic rings. The van der Waals surface area contributed by atoms with E-state index in [0.29, 0.717) is 35.4 Å². The number of aromatic nitrogens is 5. The molecular formula is C31H23F2N7O2. The van der Waals surface area contributed by atoms with E-state index >= 15 is 4.39 Å². The Labute approximate surface area is 239 Å². The number of carbonyl (C=O) groups is 1. The highest BCUT2D eigenvalue weighted by atomic mass is 19.1. The highest BCUT2D eigenvalue weighted by Crippen LogP contribution is 2.36. The number of benzene rings is 2. The fraction of sp³-hybridized carbons (Fsp3) is 0.161. The zero-order valence-corrected chi connectivity index (χ0v) is 22.5. The monoisotopic (exact) mass is 563 g/mol. The summed E-state index contributed by atoms with van der Waals surface area (Å²) < 4.78 is 36.2. The molecular weight excluding hydrogens is 540 g/mol. The van der Waals surface area contributed by atoms with Crippen LogP contribution >= 0.6 is 0 Å². The first-order chi connectivity index (χ1) is 20.5. The van der Waals surface area contributed by atoms with Gasteiger partial charge in [0.05, 0.1) is 18.2 Å². The summed E-state index contributed by atoms with van der Waals surface area (Å²) in [5.41, 5.74) is 1.55. The fourth-order valence-electron chi connectivity index (χ4n) is 5.05. The minimum absolute atomic E-state index is 0.0211. The Hall–Kier alpha value is -5.50. The van der Waals surface area contributed by atoms with E-state index < -0.39 is 17.6 Å². The minimum Gasteiger partial charge on any atom is -0.467 e. The minimum atomic E-state index is -0.932. The summed E-state index contributed by atoms with van der Waals surface area (Å²) in [6.07, 6.45) is 9.80. The van der Waals surface area contributed by atoms with Gasteiger partial charge in [0.25, 0.3) is 5.91 Å². The van der Waals surface area contributed by atoms with E-state index in [0.717, 1.165) is 16.8 Å². The molecule has 208 valence electrons. The largest absolute Gasteiger partial charge is 0.467 e. The van der Waals surface area contributed by atoms with Crippen molar-refractivity contribution < 1.29 is 18.3 Å². The highest BCUT2D eigenvalue weighted by molar-refractivity contribution is 6.02. The molecule has 11 heteroatoms. The number of anilines is 1. The lowest BCUT2D eigenvalue weighted by Crippen LogP contribution is -2.49. The Morgan fingerprint density at radius 1 is 1.07 bits per heavy atom. The topological polar surface area (TPSA) is 97.2 Å². The number of amides is 1. The molecule has 0 spiro atoms. The number of methoxy groups -OCH3 is 1. The molecule has 42 heavy (non-hydrogen) atoms. The molecule has 2 aromatic carbocycles. The molecule has 9 nitrogen and oxygen atoms in total. The average molecular weight is 564 g/mol. The van der Waals surface area contributed by atoms with Gasteiger partial charge >= 0.3 is 6.01 Å². The lowest BCUT2D eigenvalue weighted by molar-refractivity contribution is -0.128. The number of hydrogen-bond donors (Lipinski definition) is 0. The molecule has 1 amide bonds. The number of fused-ring (bicyclic) bond motifs is 2. The van der Waals surface area contributed by atoms with Crippen LogP contribution in [0.15, 0.2) is 66.8 Å². The van der Waals surface area contributed by atoms with Crippen molar-refractivity contribution in [2.45, 2.75) is 0 Å². The van der Waals surface area contributed by atoms with Gasteiger partial charge in [-0.05, 0) is 23.6 Å². The van der Waals surface area contributed by atoms with Gasteiger partial charge in [-0.1, -0.05) is 36.3 Å². The quantitative estimate of drug-likeness (QED) is 0.229. The first-order valence-corrected chi connectivity index (χ1v) is 13.1. The SMILES string of the molecule is C#Cc1cccc2cccc(-c3ncc4c(N5CCN(C(=O)/C(F)=C/c6cccnn6)CC5)nc(OC)nc4c3F)c12. The maximum absolute atomic E-state index is 16.2. The number of nitrogens with zero attached hydrogens (tertiary/aromatic N) is 7. The fourth-order valence-corrected chi connectivity index (χ4v) is 5.05. The molecule has 0 aliphatic carbocycles. The van der Waals surface area contributed by atoms with Crippen LogP contribution in [0.4, 0.5) is 14.6 Å². The van der Waals surface area contributed by atoms with Crippen LogP contribution in [0.25, 0.3) is 39.0 Å². The molecule has 0 atom stereocenters. The van der Waals surface area contributed by atoms with Crippen molar-refractivity contribution in [3.05, 3.63) is 83.8 Å². The number of halogens is 2. The second-order valence-corrected chi connectivity index (χ2v) is 9.49. The lowest BCUT2D eigenvalue weighted by atomic mass is 9.97. The van der Waals surface area contributed by atoms with E-state index in [9.17, 15) is 9.18 Å². The summed E-state index contributed by atoms with van der Waals surface area (Å²) in [6, 6.07) is 14.2. The second kappa shape index (κ2) is 11.2. The lowest BCUT2D eigenvalue weighted by Gasteiger charge is -2.35. The predicted molar refractivity (Wildman–Crippen MR) is 155 cm³/mol. The smallest absolute Gasteiger partial charge is 0.318 e. The summed E-state index contributed by atoms with van der Waals surface area (Å²) in [7, 11) is 1.40. The van der Waals surface area contributed by atoms with Crippen molar-refractivity contribution >= 4 is 39.5 Å². The van der Waals surface area contributed by atoms with Gasteiger partial charge in [-0.3, -0.25) is 9.78 Å². The third kappa shape index (κ3) is 4.83. The van der Waals surface area contributed by atoms with Crippen molar-refractivity contribution in [2.75, 3.05) is 38.2 Å². The van der Waals surface area contributed by atoms with Gasteiger partial charge in [-0.25, -0.2) is 8.78 Å². The third-order valence-electron chi connectivity index (χ3n) is 7.08. The summed E-state index contributed by atoms with van der Waals surface area (Å²) in [6.45, 7) is 1.07. The molecule has 1 fully saturated rings. The number of ether oxygens (including phenoxy) is 1. The van der Waals surface area contributed by atoms with E-state index in [2.05, 4.69) is 31.1 Å². The van der Waals surface area contributed by atoms with Gasteiger partial charge in [-0.15, -0.1) is 6.42 Å². The Kier molecular flexibility index (Phi) is 7.10. The van der Waals surface area contributed by atoms with E-state index in [4.69, 9.17) is 11.2 Å². The van der Waals surface area contributed by atoms with Gasteiger partial charge in [0, 0.05) is 61.2 Å². The standard InChI is InChI=1S/C31H23F2N7O2/c1-3-19-7-4-8-20-9-5-11-22(25(19)20)27-26(33)28-23(18-34-27)29(37-31(36-28)42-2)39-13-15-40(16-14-39)30(41)24(32)17-21-10-6-12-35-38-21/h1,4-12,17-18H,13-16H2,2H3/b24-17-. The molecule has 1 aliphatic heterocycles. The van der Waals surface area contributed by atoms with Crippen molar-refractivity contribution in [3.8, 4) is 29.6 Å². The number of hydrogen-bond acceptors (Lipinski definition) is 8. The number of rotatable bonds is 5. The first-order valence-electron chi connectivity index (χ1n) is 13.1. The predicted octanol–water partition coefficient (Wildman–Crippen LogP) is 4.42. The van der Waals surface area contributed by atoms with Crippen molar-refractivity contribution in [1.29, 1.82) is 0 Å². The second-order valence-electron chi connectivity index (χ2n) is 9.49. The van der Waals surface area contributed by atoms with Crippen LogP contribution < -0.4 is 9.64 Å². The van der Waals surface area contributed by atoms with E-state index in [1.807, 2.05) is 29.2 Å². The van der Waals surface area contributed by atoms with Gasteiger partial charge in [-0.2, -0.15) is 20.2 Å². The van der Waals surface area contributed by atoms with Crippen molar-refractivity contribution in [2.24, 2.45) is 0 Å². The van der Waals surface area contributed by atoms with Crippen LogP contribution in [0.2, 0.25) is 0 Å². The van der Waals surface area contributed by atoms with Crippen LogP contribution in [0.1, 0.15) is 11.3 Å². The van der Waals surface area contributed by atoms with Crippen LogP contribution in [-0.4, -0.2) is 69.2 Å². The highest BCUT2D eigenvalue weighted by Gasteiger charge is 2.27. The summed E-state index contributed by atoms with van der Waals surface area (Å²) in [5.74, 6) is 0.759. The molecule has 4 heterocycles. The molecule has 0 unspecified atom stereocenters. The van der Waals surface area contributed by atoms with Crippen LogP contribution in [0.5, 0.6) is 6.01 Å². The Bertz CT molecular complexity index is 1890. The van der Waals surface area contributed by atoms with Gasteiger partial charge in [0.2, 0.25) is 0 Å². The van der Waals surface area contributed by atoms with Gasteiger partial charge in [0.1, 0.15) is 17.0 Å². The summed E-state index contributed by atoms with van der Waals surface area (Å²) in [5, 5.41) is 9.43. The molecule has 0 bridgehead atoms. The molecule has 6 rings (SSSR count).